The third kappa shape index (κ3) is 4.52. The molecule has 0 bridgehead atoms. The lowest BCUT2D eigenvalue weighted by Crippen LogP contribution is -1.97. The van der Waals surface area contributed by atoms with E-state index in [1.54, 1.807) is 12.3 Å². The van der Waals surface area contributed by atoms with E-state index in [1.165, 1.54) is 0 Å². The van der Waals surface area contributed by atoms with Crippen molar-refractivity contribution in [3.05, 3.63) is 12.3 Å². The zero-order chi connectivity index (χ0) is 9.36. The third-order valence-corrected chi connectivity index (χ3v) is 1.79. The number of ether oxygens (including phenoxy) is 1. The Balaban J connectivity index is 1.90. The summed E-state index contributed by atoms with van der Waals surface area (Å²) in [4.78, 5) is 0. The van der Waals surface area contributed by atoms with Gasteiger partial charge in [-0.25, -0.2) is 5.10 Å². The second-order valence-corrected chi connectivity index (χ2v) is 2.91. The molecule has 0 amide bonds. The standard InChI is InChI=1S/C9H16N2O2/c12-7-3-1-2-4-8-13-9-5-6-10-11-9/h5-6,12H,1-4,7-8H2,(H,10,11). The lowest BCUT2D eigenvalue weighted by molar-refractivity contribution is 0.270. The minimum atomic E-state index is 0.293. The van der Waals surface area contributed by atoms with E-state index in [4.69, 9.17) is 9.84 Å². The Kier molecular flexibility index (Phi) is 5.01. The summed E-state index contributed by atoms with van der Waals surface area (Å²) in [6, 6.07) is 1.80. The molecule has 4 nitrogen and oxygen atoms in total. The molecule has 0 saturated heterocycles. The first-order chi connectivity index (χ1) is 6.43. The van der Waals surface area contributed by atoms with Crippen LogP contribution in [0.2, 0.25) is 0 Å². The maximum absolute atomic E-state index is 8.53. The molecule has 0 aromatic carbocycles. The Morgan fingerprint density at radius 1 is 1.31 bits per heavy atom. The fourth-order valence-corrected chi connectivity index (χ4v) is 1.07. The minimum Gasteiger partial charge on any atom is -0.478 e. The molecule has 1 aromatic heterocycles. The van der Waals surface area contributed by atoms with Crippen LogP contribution in [-0.4, -0.2) is 28.5 Å². The molecule has 0 spiro atoms. The first kappa shape index (κ1) is 10.1. The van der Waals surface area contributed by atoms with Crippen molar-refractivity contribution < 1.29 is 9.84 Å². The van der Waals surface area contributed by atoms with Crippen molar-refractivity contribution in [1.82, 2.24) is 10.2 Å². The van der Waals surface area contributed by atoms with E-state index in [9.17, 15) is 0 Å². The van der Waals surface area contributed by atoms with E-state index in [-0.39, 0.29) is 0 Å². The number of hydrogen-bond acceptors (Lipinski definition) is 3. The molecule has 74 valence electrons. The molecule has 13 heavy (non-hydrogen) atoms. The second kappa shape index (κ2) is 6.48. The number of aliphatic hydroxyl groups excluding tert-OH is 1. The van der Waals surface area contributed by atoms with Gasteiger partial charge in [0.25, 0.3) is 0 Å². The number of nitrogens with zero attached hydrogens (tertiary/aromatic N) is 1. The average Bonchev–Trinajstić information content (AvgIpc) is 2.63. The van der Waals surface area contributed by atoms with Crippen LogP contribution in [-0.2, 0) is 0 Å². The Bertz CT molecular complexity index is 199. The largest absolute Gasteiger partial charge is 0.478 e. The van der Waals surface area contributed by atoms with Gasteiger partial charge >= 0.3 is 0 Å². The predicted octanol–water partition coefficient (Wildman–Crippen LogP) is 1.34. The van der Waals surface area contributed by atoms with Gasteiger partial charge in [-0.15, -0.1) is 0 Å². The Morgan fingerprint density at radius 3 is 2.85 bits per heavy atom. The quantitative estimate of drug-likeness (QED) is 0.629. The van der Waals surface area contributed by atoms with Gasteiger partial charge in [0.2, 0.25) is 5.88 Å². The highest BCUT2D eigenvalue weighted by Crippen LogP contribution is 2.04. The summed E-state index contributed by atoms with van der Waals surface area (Å²) in [5.41, 5.74) is 0. The van der Waals surface area contributed by atoms with E-state index >= 15 is 0 Å². The van der Waals surface area contributed by atoms with Crippen molar-refractivity contribution >= 4 is 0 Å². The van der Waals surface area contributed by atoms with Crippen LogP contribution < -0.4 is 4.74 Å². The fourth-order valence-electron chi connectivity index (χ4n) is 1.07. The molecule has 0 aliphatic rings. The number of aromatic amines is 1. The van der Waals surface area contributed by atoms with Crippen molar-refractivity contribution in [2.75, 3.05) is 13.2 Å². The summed E-state index contributed by atoms with van der Waals surface area (Å²) in [5, 5.41) is 15.0. The number of aromatic nitrogens is 2. The average molecular weight is 184 g/mol. The Labute approximate surface area is 77.9 Å². The fraction of sp³-hybridized carbons (Fsp3) is 0.667. The Hall–Kier alpha value is -1.03. The lowest BCUT2D eigenvalue weighted by atomic mass is 10.2. The van der Waals surface area contributed by atoms with Gasteiger partial charge < -0.3 is 9.84 Å². The monoisotopic (exact) mass is 184 g/mol. The van der Waals surface area contributed by atoms with Gasteiger partial charge in [-0.3, -0.25) is 0 Å². The van der Waals surface area contributed by atoms with Gasteiger partial charge in [-0.2, -0.15) is 5.10 Å². The van der Waals surface area contributed by atoms with Crippen LogP contribution in [0.3, 0.4) is 0 Å². The normalized spacial score (nSPS) is 10.2. The van der Waals surface area contributed by atoms with Crippen molar-refractivity contribution in [2.24, 2.45) is 0 Å². The molecule has 1 aromatic rings. The molecule has 0 aliphatic carbocycles. The number of H-pyrrole nitrogens is 1. The number of aliphatic hydroxyl groups is 1. The first-order valence-corrected chi connectivity index (χ1v) is 4.66. The van der Waals surface area contributed by atoms with Crippen LogP contribution >= 0.6 is 0 Å². The summed E-state index contributed by atoms with van der Waals surface area (Å²) in [6.45, 7) is 1.01. The smallest absolute Gasteiger partial charge is 0.208 e. The van der Waals surface area contributed by atoms with E-state index < -0.39 is 0 Å². The summed E-state index contributed by atoms with van der Waals surface area (Å²) in [7, 11) is 0. The Morgan fingerprint density at radius 2 is 2.15 bits per heavy atom. The molecule has 2 N–H and O–H groups in total. The molecule has 0 atom stereocenters. The second-order valence-electron chi connectivity index (χ2n) is 2.91. The molecule has 1 heterocycles. The number of unbranched alkanes of at least 4 members (excludes halogenated alkanes) is 3. The van der Waals surface area contributed by atoms with E-state index in [2.05, 4.69) is 10.2 Å². The summed E-state index contributed by atoms with van der Waals surface area (Å²) >= 11 is 0. The minimum absolute atomic E-state index is 0.293. The SMILES string of the molecule is OCCCCCCOc1ccn[nH]1. The van der Waals surface area contributed by atoms with Crippen molar-refractivity contribution in [3.63, 3.8) is 0 Å². The zero-order valence-electron chi connectivity index (χ0n) is 7.70. The van der Waals surface area contributed by atoms with Gasteiger partial charge in [0.15, 0.2) is 0 Å². The van der Waals surface area contributed by atoms with Crippen LogP contribution in [0, 0.1) is 0 Å². The van der Waals surface area contributed by atoms with Crippen molar-refractivity contribution in [3.8, 4) is 5.88 Å². The van der Waals surface area contributed by atoms with Crippen LogP contribution in [0.25, 0.3) is 0 Å². The zero-order valence-corrected chi connectivity index (χ0v) is 7.70. The molecule has 1 rings (SSSR count). The highest BCUT2D eigenvalue weighted by atomic mass is 16.5. The van der Waals surface area contributed by atoms with E-state index in [0.717, 1.165) is 31.6 Å². The molecule has 0 saturated carbocycles. The molecule has 0 unspecified atom stereocenters. The van der Waals surface area contributed by atoms with Gasteiger partial charge in [0, 0.05) is 12.7 Å². The number of nitrogens with one attached hydrogen (secondary N) is 1. The maximum Gasteiger partial charge on any atom is 0.208 e. The lowest BCUT2D eigenvalue weighted by Gasteiger charge is -2.02. The first-order valence-electron chi connectivity index (χ1n) is 4.66. The van der Waals surface area contributed by atoms with E-state index in [1.807, 2.05) is 0 Å². The molecule has 4 heteroatoms. The molecule has 0 fully saturated rings. The van der Waals surface area contributed by atoms with Crippen molar-refractivity contribution in [1.29, 1.82) is 0 Å². The summed E-state index contributed by atoms with van der Waals surface area (Å²) in [6.07, 6.45) is 5.77. The number of hydrogen-bond donors (Lipinski definition) is 2. The third-order valence-electron chi connectivity index (χ3n) is 1.79. The molecular weight excluding hydrogens is 168 g/mol. The number of rotatable bonds is 7. The molecule has 0 aliphatic heterocycles. The molecule has 0 radical (unpaired) electrons. The highest BCUT2D eigenvalue weighted by molar-refractivity contribution is 5.03. The van der Waals surface area contributed by atoms with Crippen LogP contribution in [0.5, 0.6) is 5.88 Å². The van der Waals surface area contributed by atoms with Crippen LogP contribution in [0.1, 0.15) is 25.7 Å². The summed E-state index contributed by atoms with van der Waals surface area (Å²) in [5.74, 6) is 0.724. The van der Waals surface area contributed by atoms with Gasteiger partial charge in [-0.05, 0) is 19.3 Å². The van der Waals surface area contributed by atoms with Gasteiger partial charge in [-0.1, -0.05) is 6.42 Å². The summed E-state index contributed by atoms with van der Waals surface area (Å²) < 4.78 is 5.35. The van der Waals surface area contributed by atoms with Crippen LogP contribution in [0.15, 0.2) is 12.3 Å². The van der Waals surface area contributed by atoms with Gasteiger partial charge in [0.05, 0.1) is 12.8 Å². The maximum atomic E-state index is 8.53. The van der Waals surface area contributed by atoms with Gasteiger partial charge in [0.1, 0.15) is 0 Å². The highest BCUT2D eigenvalue weighted by Gasteiger charge is 1.93. The predicted molar refractivity (Wildman–Crippen MR) is 49.6 cm³/mol. The topological polar surface area (TPSA) is 58.1 Å². The van der Waals surface area contributed by atoms with Crippen molar-refractivity contribution in [2.45, 2.75) is 25.7 Å². The molecular formula is C9H16N2O2. The van der Waals surface area contributed by atoms with E-state index in [0.29, 0.717) is 13.2 Å². The van der Waals surface area contributed by atoms with Crippen LogP contribution in [0.4, 0.5) is 0 Å².